The van der Waals surface area contributed by atoms with Gasteiger partial charge < -0.3 is 4.74 Å². The van der Waals surface area contributed by atoms with Crippen LogP contribution in [0.5, 0.6) is 0 Å². The first-order valence-electron chi connectivity index (χ1n) is 6.14. The van der Waals surface area contributed by atoms with Crippen LogP contribution < -0.4 is 0 Å². The molecule has 3 atom stereocenters. The van der Waals surface area contributed by atoms with E-state index in [0.29, 0.717) is 12.1 Å². The van der Waals surface area contributed by atoms with E-state index in [0.717, 1.165) is 18.4 Å². The summed E-state index contributed by atoms with van der Waals surface area (Å²) in [6.07, 6.45) is 6.62. The third kappa shape index (κ3) is 2.51. The molecule has 3 unspecified atom stereocenters. The normalized spacial score (nSPS) is 38.0. The molecule has 0 radical (unpaired) electrons. The number of fused-ring (bicyclic) bond motifs is 1. The minimum atomic E-state index is 0.551. The van der Waals surface area contributed by atoms with E-state index in [1.807, 2.05) is 11.9 Å². The highest BCUT2D eigenvalue weighted by Gasteiger charge is 2.38. The molecule has 0 N–H and O–H groups in total. The van der Waals surface area contributed by atoms with Gasteiger partial charge in [-0.05, 0) is 37.4 Å². The summed E-state index contributed by atoms with van der Waals surface area (Å²) < 4.78 is 8.50. The minimum absolute atomic E-state index is 0.551. The summed E-state index contributed by atoms with van der Waals surface area (Å²) in [5, 5.41) is 0. The molecule has 0 saturated carbocycles. The van der Waals surface area contributed by atoms with Crippen LogP contribution in [-0.2, 0) is 4.74 Å². The second-order valence-electron chi connectivity index (χ2n) is 5.14. The Labute approximate surface area is 97.9 Å². The van der Waals surface area contributed by atoms with Crippen molar-refractivity contribution in [3.63, 3.8) is 0 Å². The summed E-state index contributed by atoms with van der Waals surface area (Å²) in [5.41, 5.74) is 0. The third-order valence-corrected chi connectivity index (χ3v) is 4.73. The van der Waals surface area contributed by atoms with Gasteiger partial charge in [0.15, 0.2) is 0 Å². The Bertz CT molecular complexity index is 210. The van der Waals surface area contributed by atoms with Crippen LogP contribution in [0.4, 0.5) is 0 Å². The van der Waals surface area contributed by atoms with Crippen molar-refractivity contribution in [1.82, 2.24) is 4.31 Å². The van der Waals surface area contributed by atoms with E-state index >= 15 is 0 Å². The van der Waals surface area contributed by atoms with Crippen LogP contribution in [0.15, 0.2) is 0 Å². The zero-order valence-corrected chi connectivity index (χ0v) is 10.9. The number of hydrogen-bond acceptors (Lipinski definition) is 3. The molecule has 2 nitrogen and oxygen atoms in total. The molecule has 2 rings (SSSR count). The van der Waals surface area contributed by atoms with Gasteiger partial charge in [-0.15, -0.1) is 0 Å². The van der Waals surface area contributed by atoms with Gasteiger partial charge in [-0.2, -0.15) is 0 Å². The lowest BCUT2D eigenvalue weighted by Gasteiger charge is -2.46. The highest BCUT2D eigenvalue weighted by Crippen LogP contribution is 2.36. The molecule has 2 saturated heterocycles. The van der Waals surface area contributed by atoms with Gasteiger partial charge in [-0.3, -0.25) is 0 Å². The van der Waals surface area contributed by atoms with Crippen LogP contribution in [0.1, 0.15) is 33.1 Å². The molecular weight excluding hydrogens is 206 g/mol. The standard InChI is InChI=1S/C12H23NOS/c1-9(2)11-7-12-10(5-4-6-14-12)8-13(11)15-3/h9-12H,4-8H2,1-3H3. The Morgan fingerprint density at radius 2 is 2.20 bits per heavy atom. The molecule has 2 fully saturated rings. The maximum atomic E-state index is 5.92. The Balaban J connectivity index is 2.02. The van der Waals surface area contributed by atoms with Gasteiger partial charge in [0.2, 0.25) is 0 Å². The summed E-state index contributed by atoms with van der Waals surface area (Å²) >= 11 is 1.92. The smallest absolute Gasteiger partial charge is 0.0631 e. The average molecular weight is 229 g/mol. The summed E-state index contributed by atoms with van der Waals surface area (Å²) in [7, 11) is 0. The molecule has 3 heteroatoms. The predicted octanol–water partition coefficient (Wildman–Crippen LogP) is 2.79. The Morgan fingerprint density at radius 3 is 2.87 bits per heavy atom. The lowest BCUT2D eigenvalue weighted by atomic mass is 9.83. The van der Waals surface area contributed by atoms with E-state index in [2.05, 4.69) is 24.4 Å². The van der Waals surface area contributed by atoms with Crippen molar-refractivity contribution in [1.29, 1.82) is 0 Å². The number of piperidine rings is 1. The molecule has 2 aliphatic heterocycles. The summed E-state index contributed by atoms with van der Waals surface area (Å²) in [5.74, 6) is 1.53. The second kappa shape index (κ2) is 5.07. The highest BCUT2D eigenvalue weighted by molar-refractivity contribution is 7.96. The topological polar surface area (TPSA) is 12.5 Å². The number of ether oxygens (including phenoxy) is 1. The molecule has 88 valence electrons. The van der Waals surface area contributed by atoms with Gasteiger partial charge in [0.25, 0.3) is 0 Å². The maximum absolute atomic E-state index is 5.92. The molecule has 15 heavy (non-hydrogen) atoms. The van der Waals surface area contributed by atoms with Gasteiger partial charge in [0.05, 0.1) is 6.10 Å². The zero-order valence-electron chi connectivity index (χ0n) is 10.1. The van der Waals surface area contributed by atoms with E-state index in [4.69, 9.17) is 4.74 Å². The van der Waals surface area contributed by atoms with E-state index in [1.54, 1.807) is 0 Å². The van der Waals surface area contributed by atoms with Crippen molar-refractivity contribution in [3.05, 3.63) is 0 Å². The van der Waals surface area contributed by atoms with Crippen molar-refractivity contribution < 1.29 is 4.74 Å². The van der Waals surface area contributed by atoms with Crippen molar-refractivity contribution in [2.24, 2.45) is 11.8 Å². The summed E-state index contributed by atoms with van der Waals surface area (Å²) in [6, 6.07) is 0.708. The molecule has 0 amide bonds. The number of nitrogens with zero attached hydrogens (tertiary/aromatic N) is 1. The van der Waals surface area contributed by atoms with E-state index in [1.165, 1.54) is 25.8 Å². The quantitative estimate of drug-likeness (QED) is 0.676. The van der Waals surface area contributed by atoms with Crippen molar-refractivity contribution >= 4 is 11.9 Å². The predicted molar refractivity (Wildman–Crippen MR) is 65.9 cm³/mol. The van der Waals surface area contributed by atoms with Crippen molar-refractivity contribution in [2.75, 3.05) is 19.4 Å². The lowest BCUT2D eigenvalue weighted by molar-refractivity contribution is -0.0711. The molecule has 0 aliphatic carbocycles. The molecule has 0 aromatic carbocycles. The Morgan fingerprint density at radius 1 is 1.40 bits per heavy atom. The largest absolute Gasteiger partial charge is 0.378 e. The molecular formula is C12H23NOS. The SMILES string of the molecule is CSN1CC2CCCOC2CC1C(C)C. The maximum Gasteiger partial charge on any atom is 0.0631 e. The van der Waals surface area contributed by atoms with Gasteiger partial charge in [-0.1, -0.05) is 25.8 Å². The van der Waals surface area contributed by atoms with Gasteiger partial charge in [0.1, 0.15) is 0 Å². The van der Waals surface area contributed by atoms with Gasteiger partial charge >= 0.3 is 0 Å². The highest BCUT2D eigenvalue weighted by atomic mass is 32.2. The number of hydrogen-bond donors (Lipinski definition) is 0. The third-order valence-electron chi connectivity index (χ3n) is 3.84. The van der Waals surface area contributed by atoms with Crippen LogP contribution >= 0.6 is 11.9 Å². The minimum Gasteiger partial charge on any atom is -0.378 e. The fourth-order valence-corrected chi connectivity index (χ4v) is 3.85. The monoisotopic (exact) mass is 229 g/mol. The molecule has 0 bridgehead atoms. The Kier molecular flexibility index (Phi) is 3.97. The first-order valence-corrected chi connectivity index (χ1v) is 7.33. The van der Waals surface area contributed by atoms with E-state index in [9.17, 15) is 0 Å². The molecule has 0 aromatic rings. The van der Waals surface area contributed by atoms with Crippen LogP contribution in [0.2, 0.25) is 0 Å². The summed E-state index contributed by atoms with van der Waals surface area (Å²) in [4.78, 5) is 0. The molecule has 0 aromatic heterocycles. The second-order valence-corrected chi connectivity index (χ2v) is 5.98. The lowest BCUT2D eigenvalue weighted by Crippen LogP contribution is -2.50. The van der Waals surface area contributed by atoms with Crippen LogP contribution in [0, 0.1) is 11.8 Å². The first-order chi connectivity index (χ1) is 7.22. The first kappa shape index (κ1) is 11.7. The van der Waals surface area contributed by atoms with Crippen LogP contribution in [0.25, 0.3) is 0 Å². The fraction of sp³-hybridized carbons (Fsp3) is 1.00. The number of rotatable bonds is 2. The van der Waals surface area contributed by atoms with E-state index in [-0.39, 0.29) is 0 Å². The molecule has 0 spiro atoms. The molecule has 2 heterocycles. The fourth-order valence-electron chi connectivity index (χ4n) is 2.91. The van der Waals surface area contributed by atoms with Gasteiger partial charge in [0, 0.05) is 19.2 Å². The van der Waals surface area contributed by atoms with Crippen LogP contribution in [-0.4, -0.2) is 35.9 Å². The van der Waals surface area contributed by atoms with Crippen molar-refractivity contribution in [3.8, 4) is 0 Å². The average Bonchev–Trinajstić information content (AvgIpc) is 2.27. The molecule has 2 aliphatic rings. The summed E-state index contributed by atoms with van der Waals surface area (Å²) in [6.45, 7) is 6.88. The van der Waals surface area contributed by atoms with Crippen molar-refractivity contribution in [2.45, 2.75) is 45.3 Å². The zero-order chi connectivity index (χ0) is 10.8. The Hall–Kier alpha value is 0.270. The van der Waals surface area contributed by atoms with E-state index < -0.39 is 0 Å². The van der Waals surface area contributed by atoms with Crippen LogP contribution in [0.3, 0.4) is 0 Å². The van der Waals surface area contributed by atoms with Gasteiger partial charge in [-0.25, -0.2) is 4.31 Å².